The first-order chi connectivity index (χ1) is 14.2. The van der Waals surface area contributed by atoms with Crippen LogP contribution in [0.1, 0.15) is 52.0 Å². The monoisotopic (exact) mass is 406 g/mol. The molecule has 8 atom stereocenters. The van der Waals surface area contributed by atoms with Gasteiger partial charge in [0, 0.05) is 22.2 Å². The normalized spacial score (nSPS) is 51.2. The molecule has 0 bridgehead atoms. The minimum Gasteiger partial charge on any atom is -0.472 e. The highest BCUT2D eigenvalue weighted by Gasteiger charge is 2.72. The fraction of sp³-hybridized carbons (Fsp3) is 0.577. The molecule has 30 heavy (non-hydrogen) atoms. The van der Waals surface area contributed by atoms with Crippen LogP contribution < -0.4 is 0 Å². The van der Waals surface area contributed by atoms with Gasteiger partial charge < -0.3 is 14.3 Å². The largest absolute Gasteiger partial charge is 0.472 e. The molecule has 0 amide bonds. The van der Waals surface area contributed by atoms with Crippen molar-refractivity contribution in [2.45, 2.75) is 58.7 Å². The third kappa shape index (κ3) is 1.86. The quantitative estimate of drug-likeness (QED) is 0.694. The van der Waals surface area contributed by atoms with Crippen molar-refractivity contribution in [3.63, 3.8) is 0 Å². The van der Waals surface area contributed by atoms with E-state index >= 15 is 0 Å². The van der Waals surface area contributed by atoms with Crippen LogP contribution in [0.25, 0.3) is 0 Å². The lowest BCUT2D eigenvalue weighted by molar-refractivity contribution is -0.145. The molecule has 1 aromatic rings. The van der Waals surface area contributed by atoms with E-state index in [1.807, 2.05) is 12.3 Å². The van der Waals surface area contributed by atoms with Gasteiger partial charge in [0.15, 0.2) is 5.78 Å². The third-order valence-electron chi connectivity index (χ3n) is 9.57. The number of hydrogen-bond donors (Lipinski definition) is 1. The second kappa shape index (κ2) is 5.46. The topological polar surface area (TPSA) is 59.7 Å². The van der Waals surface area contributed by atoms with Crippen molar-refractivity contribution in [3.8, 4) is 0 Å². The van der Waals surface area contributed by atoms with Crippen LogP contribution in [-0.4, -0.2) is 29.7 Å². The Hall–Kier alpha value is -1.91. The minimum absolute atomic E-state index is 0.0344. The highest BCUT2D eigenvalue weighted by atomic mass is 16.5. The molecule has 1 saturated carbocycles. The molecule has 0 aromatic carbocycles. The van der Waals surface area contributed by atoms with Gasteiger partial charge in [-0.3, -0.25) is 4.79 Å². The summed E-state index contributed by atoms with van der Waals surface area (Å²) >= 11 is 0. The first kappa shape index (κ1) is 18.8. The molecule has 4 heteroatoms. The van der Waals surface area contributed by atoms with Gasteiger partial charge in [0.1, 0.15) is 0 Å². The number of ketones is 1. The average Bonchev–Trinajstić information content (AvgIpc) is 3.41. The molecule has 158 valence electrons. The summed E-state index contributed by atoms with van der Waals surface area (Å²) in [6.07, 6.45) is 12.8. The smallest absolute Gasteiger partial charge is 0.165 e. The number of rotatable bonds is 1. The van der Waals surface area contributed by atoms with Gasteiger partial charge in [-0.15, -0.1) is 0 Å². The lowest BCUT2D eigenvalue weighted by Gasteiger charge is -2.62. The summed E-state index contributed by atoms with van der Waals surface area (Å²) in [5.74, 6) is 0.432. The molecule has 1 saturated heterocycles. The van der Waals surface area contributed by atoms with E-state index in [0.717, 1.165) is 18.4 Å². The highest BCUT2D eigenvalue weighted by molar-refractivity contribution is 5.99. The molecule has 1 N–H and O–H groups in total. The van der Waals surface area contributed by atoms with E-state index in [9.17, 15) is 9.90 Å². The van der Waals surface area contributed by atoms with Crippen LogP contribution in [0.2, 0.25) is 0 Å². The molecule has 4 nitrogen and oxygen atoms in total. The number of aliphatic hydroxyl groups excluding tert-OH is 1. The third-order valence-corrected chi connectivity index (χ3v) is 9.57. The van der Waals surface area contributed by atoms with Gasteiger partial charge in [-0.05, 0) is 55.9 Å². The molecule has 5 aliphatic rings. The molecular formula is C26H30O4. The summed E-state index contributed by atoms with van der Waals surface area (Å²) in [7, 11) is 0. The maximum Gasteiger partial charge on any atom is 0.165 e. The van der Waals surface area contributed by atoms with Gasteiger partial charge in [-0.2, -0.15) is 0 Å². The Bertz CT molecular complexity index is 1030. The number of aliphatic hydroxyl groups is 1. The maximum atomic E-state index is 13.4. The molecule has 2 heterocycles. The van der Waals surface area contributed by atoms with Gasteiger partial charge in [-0.25, -0.2) is 0 Å². The van der Waals surface area contributed by atoms with Crippen LogP contribution in [0.4, 0.5) is 0 Å². The number of furan rings is 1. The van der Waals surface area contributed by atoms with E-state index in [1.54, 1.807) is 12.3 Å². The minimum atomic E-state index is -0.670. The number of allylic oxidation sites excluding steroid dienone is 3. The van der Waals surface area contributed by atoms with Gasteiger partial charge in [0.2, 0.25) is 0 Å². The molecule has 0 spiro atoms. The van der Waals surface area contributed by atoms with Crippen molar-refractivity contribution in [3.05, 3.63) is 59.6 Å². The standard InChI is InChI=1S/C26H30O4/c1-23-10-8-19(27)26(4)18-7-11-24(2)16(15-9-12-29-13-15)5-6-17(24)25(18,3)22(28)20(21(23)26)30-14-23/h6-10,12-13,16,20-22,28H,5,11,14H2,1-4H3/t16-,20+,21-,22+,23+,24-,25-,26-/m0/s1. The van der Waals surface area contributed by atoms with Crippen molar-refractivity contribution in [2.24, 2.45) is 27.6 Å². The lowest BCUT2D eigenvalue weighted by atomic mass is 9.41. The molecule has 1 aromatic heterocycles. The summed E-state index contributed by atoms with van der Waals surface area (Å²) in [6, 6.07) is 2.06. The predicted octanol–water partition coefficient (Wildman–Crippen LogP) is 4.58. The Morgan fingerprint density at radius 2 is 1.90 bits per heavy atom. The zero-order valence-electron chi connectivity index (χ0n) is 18.1. The highest BCUT2D eigenvalue weighted by Crippen LogP contribution is 2.72. The first-order valence-electron chi connectivity index (χ1n) is 11.1. The van der Waals surface area contributed by atoms with Crippen LogP contribution in [0.15, 0.2) is 58.5 Å². The van der Waals surface area contributed by atoms with Crippen LogP contribution >= 0.6 is 0 Å². The van der Waals surface area contributed by atoms with E-state index in [4.69, 9.17) is 9.15 Å². The summed E-state index contributed by atoms with van der Waals surface area (Å²) in [6.45, 7) is 9.29. The SMILES string of the molecule is C[C@@]12C(=CC[C@]3(C)C1=CC[C@H]3c1ccoc1)[C@@]1(C)C(=O)C=C[C@]3(C)CO[C@@H]([C@H]2O)[C@H]13. The molecule has 4 aliphatic carbocycles. The fourth-order valence-electron chi connectivity index (χ4n) is 8.16. The zero-order valence-corrected chi connectivity index (χ0v) is 18.1. The van der Waals surface area contributed by atoms with Crippen molar-refractivity contribution >= 4 is 5.78 Å². The Balaban J connectivity index is 1.56. The lowest BCUT2D eigenvalue weighted by Crippen LogP contribution is -2.65. The first-order valence-corrected chi connectivity index (χ1v) is 11.1. The van der Waals surface area contributed by atoms with Crippen molar-refractivity contribution < 1.29 is 19.1 Å². The fourth-order valence-corrected chi connectivity index (χ4v) is 8.16. The number of fused-ring (bicyclic) bond motifs is 4. The van der Waals surface area contributed by atoms with Crippen LogP contribution in [0, 0.1) is 27.6 Å². The number of hydrogen-bond acceptors (Lipinski definition) is 4. The Labute approximate surface area is 177 Å². The Morgan fingerprint density at radius 1 is 1.10 bits per heavy atom. The van der Waals surface area contributed by atoms with Crippen molar-refractivity contribution in [2.75, 3.05) is 6.61 Å². The van der Waals surface area contributed by atoms with Crippen LogP contribution in [0.5, 0.6) is 0 Å². The van der Waals surface area contributed by atoms with Gasteiger partial charge in [-0.1, -0.05) is 37.6 Å². The van der Waals surface area contributed by atoms with E-state index in [-0.39, 0.29) is 28.6 Å². The second-order valence-corrected chi connectivity index (χ2v) is 11.0. The van der Waals surface area contributed by atoms with E-state index in [0.29, 0.717) is 12.5 Å². The average molecular weight is 407 g/mol. The number of ether oxygens (including phenoxy) is 1. The number of carbonyl (C=O) groups is 1. The summed E-state index contributed by atoms with van der Waals surface area (Å²) in [4.78, 5) is 13.4. The Kier molecular flexibility index (Phi) is 3.43. The van der Waals surface area contributed by atoms with Crippen molar-refractivity contribution in [1.82, 2.24) is 0 Å². The zero-order chi connectivity index (χ0) is 21.1. The van der Waals surface area contributed by atoms with E-state index in [2.05, 4.69) is 45.9 Å². The summed E-state index contributed by atoms with van der Waals surface area (Å²) in [5.41, 5.74) is 2.00. The molecule has 1 aliphatic heterocycles. The molecular weight excluding hydrogens is 376 g/mol. The van der Waals surface area contributed by atoms with Crippen LogP contribution in [0.3, 0.4) is 0 Å². The Morgan fingerprint density at radius 3 is 2.63 bits per heavy atom. The molecule has 2 fully saturated rings. The summed E-state index contributed by atoms with van der Waals surface area (Å²) < 4.78 is 11.7. The molecule has 0 radical (unpaired) electrons. The second-order valence-electron chi connectivity index (χ2n) is 11.0. The predicted molar refractivity (Wildman–Crippen MR) is 113 cm³/mol. The van der Waals surface area contributed by atoms with Crippen molar-refractivity contribution in [1.29, 1.82) is 0 Å². The molecule has 0 unspecified atom stereocenters. The maximum absolute atomic E-state index is 13.4. The van der Waals surface area contributed by atoms with Gasteiger partial charge >= 0.3 is 0 Å². The summed E-state index contributed by atoms with van der Waals surface area (Å²) in [5, 5.41) is 11.8. The van der Waals surface area contributed by atoms with Gasteiger partial charge in [0.05, 0.1) is 36.8 Å². The van der Waals surface area contributed by atoms with E-state index in [1.165, 1.54) is 11.1 Å². The number of carbonyl (C=O) groups excluding carboxylic acids is 1. The van der Waals surface area contributed by atoms with Crippen LogP contribution in [-0.2, 0) is 9.53 Å². The molecule has 6 rings (SSSR count). The van der Waals surface area contributed by atoms with Gasteiger partial charge in [0.25, 0.3) is 0 Å². The van der Waals surface area contributed by atoms with E-state index < -0.39 is 16.9 Å².